The summed E-state index contributed by atoms with van der Waals surface area (Å²) in [6.45, 7) is 8.55. The molecular formula is C37H44ClNO5. The van der Waals surface area contributed by atoms with Crippen LogP contribution in [0.2, 0.25) is 5.02 Å². The number of hydrogen-bond donors (Lipinski definition) is 1. The molecule has 1 fully saturated rings. The lowest BCUT2D eigenvalue weighted by molar-refractivity contribution is -0.137. The highest BCUT2D eigenvalue weighted by Gasteiger charge is 2.25. The van der Waals surface area contributed by atoms with Crippen molar-refractivity contribution in [1.29, 1.82) is 5.41 Å². The van der Waals surface area contributed by atoms with Gasteiger partial charge >= 0.3 is 11.9 Å². The van der Waals surface area contributed by atoms with Gasteiger partial charge < -0.3 is 19.6 Å². The minimum atomic E-state index is -0.529. The highest BCUT2D eigenvalue weighted by molar-refractivity contribution is 6.36. The second kappa shape index (κ2) is 16.4. The van der Waals surface area contributed by atoms with E-state index in [0.717, 1.165) is 46.5 Å². The molecule has 6 nitrogen and oxygen atoms in total. The first kappa shape index (κ1) is 33.3. The van der Waals surface area contributed by atoms with Gasteiger partial charge in [0.2, 0.25) is 0 Å². The van der Waals surface area contributed by atoms with E-state index in [0.29, 0.717) is 41.6 Å². The second-order valence-electron chi connectivity index (χ2n) is 12.1. The second-order valence-corrected chi connectivity index (χ2v) is 12.4. The van der Waals surface area contributed by atoms with Gasteiger partial charge in [0.1, 0.15) is 11.5 Å². The van der Waals surface area contributed by atoms with Gasteiger partial charge in [-0.1, -0.05) is 69.8 Å². The fourth-order valence-electron chi connectivity index (χ4n) is 6.02. The van der Waals surface area contributed by atoms with Crippen LogP contribution in [-0.2, 0) is 9.53 Å². The predicted molar refractivity (Wildman–Crippen MR) is 178 cm³/mol. The lowest BCUT2D eigenvalue weighted by Gasteiger charge is -2.30. The number of benzene rings is 3. The summed E-state index contributed by atoms with van der Waals surface area (Å²) in [5, 5.41) is 10.5. The van der Waals surface area contributed by atoms with Crippen molar-refractivity contribution < 1.29 is 23.8 Å². The Morgan fingerprint density at radius 1 is 0.955 bits per heavy atom. The number of fused-ring (bicyclic) bond motifs is 1. The molecule has 1 aliphatic rings. The molecule has 0 bridgehead atoms. The van der Waals surface area contributed by atoms with E-state index in [-0.39, 0.29) is 6.61 Å². The molecule has 1 aliphatic carbocycles. The molecular weight excluding hydrogens is 574 g/mol. The van der Waals surface area contributed by atoms with Gasteiger partial charge in [-0.25, -0.2) is 9.59 Å². The first-order valence-corrected chi connectivity index (χ1v) is 16.2. The van der Waals surface area contributed by atoms with Crippen LogP contribution in [0.5, 0.6) is 11.5 Å². The molecule has 0 amide bonds. The topological polar surface area (TPSA) is 85.7 Å². The Hall–Kier alpha value is -3.64. The zero-order valence-corrected chi connectivity index (χ0v) is 26.7. The molecule has 4 rings (SSSR count). The first-order chi connectivity index (χ1) is 21.3. The molecule has 0 spiro atoms. The minimum Gasteiger partial charge on any atom is -0.493 e. The summed E-state index contributed by atoms with van der Waals surface area (Å²) in [4.78, 5) is 24.0. The Balaban J connectivity index is 1.36. The van der Waals surface area contributed by atoms with Gasteiger partial charge in [0.25, 0.3) is 0 Å². The quantitative estimate of drug-likeness (QED) is 0.0603. The standard InChI is InChI=1S/C37H44ClNO5/c1-4-35(40)43-23-7-22-42-29-16-14-28(15-17-29)37(41)44-34-21-20-32-31(33(34)24-39)19-18-30(36(32)38)27-12-10-26(11-13-27)9-6-5-8-25(2)3/h4,14-21,24-27,39H,1,5-13,22-23H2,2-3H3. The maximum absolute atomic E-state index is 13.0. The van der Waals surface area contributed by atoms with E-state index in [2.05, 4.69) is 26.5 Å². The van der Waals surface area contributed by atoms with Gasteiger partial charge in [-0.15, -0.1) is 0 Å². The zero-order chi connectivity index (χ0) is 31.5. The monoisotopic (exact) mass is 617 g/mol. The zero-order valence-electron chi connectivity index (χ0n) is 25.9. The van der Waals surface area contributed by atoms with Gasteiger partial charge in [-0.3, -0.25) is 0 Å². The van der Waals surface area contributed by atoms with Crippen LogP contribution in [0, 0.1) is 17.2 Å². The number of rotatable bonds is 15. The van der Waals surface area contributed by atoms with E-state index in [9.17, 15) is 9.59 Å². The molecule has 0 aromatic heterocycles. The first-order valence-electron chi connectivity index (χ1n) is 15.8. The molecule has 0 saturated heterocycles. The Labute approximate surface area is 266 Å². The number of ether oxygens (including phenoxy) is 3. The summed E-state index contributed by atoms with van der Waals surface area (Å²) >= 11 is 6.99. The van der Waals surface area contributed by atoms with Crippen molar-refractivity contribution in [2.75, 3.05) is 13.2 Å². The van der Waals surface area contributed by atoms with Crippen molar-refractivity contribution in [3.8, 4) is 11.5 Å². The summed E-state index contributed by atoms with van der Waals surface area (Å²) in [7, 11) is 0. The molecule has 3 aromatic rings. The van der Waals surface area contributed by atoms with Crippen LogP contribution in [0.25, 0.3) is 10.8 Å². The third-order valence-corrected chi connectivity index (χ3v) is 8.92. The number of nitrogens with one attached hydrogen (secondary N) is 1. The Morgan fingerprint density at radius 3 is 2.36 bits per heavy atom. The Kier molecular flexibility index (Phi) is 12.4. The molecule has 3 aromatic carbocycles. The van der Waals surface area contributed by atoms with E-state index in [4.69, 9.17) is 31.2 Å². The number of hydrogen-bond acceptors (Lipinski definition) is 6. The molecule has 7 heteroatoms. The van der Waals surface area contributed by atoms with Crippen LogP contribution >= 0.6 is 11.6 Å². The minimum absolute atomic E-state index is 0.239. The van der Waals surface area contributed by atoms with Crippen molar-refractivity contribution >= 4 is 40.5 Å². The van der Waals surface area contributed by atoms with E-state index in [1.165, 1.54) is 50.3 Å². The van der Waals surface area contributed by atoms with Crippen LogP contribution < -0.4 is 9.47 Å². The van der Waals surface area contributed by atoms with Crippen LogP contribution in [0.15, 0.2) is 61.2 Å². The molecule has 234 valence electrons. The average Bonchev–Trinajstić information content (AvgIpc) is 3.03. The largest absolute Gasteiger partial charge is 0.493 e. The number of esters is 2. The number of carbonyl (C=O) groups excluding carboxylic acids is 2. The maximum atomic E-state index is 13.0. The molecule has 0 unspecified atom stereocenters. The summed E-state index contributed by atoms with van der Waals surface area (Å²) in [5.41, 5.74) is 2.06. The fraction of sp³-hybridized carbons (Fsp3) is 0.432. The third-order valence-electron chi connectivity index (χ3n) is 8.50. The predicted octanol–water partition coefficient (Wildman–Crippen LogP) is 9.70. The smallest absolute Gasteiger partial charge is 0.343 e. The highest BCUT2D eigenvalue weighted by atomic mass is 35.5. The highest BCUT2D eigenvalue weighted by Crippen LogP contribution is 2.43. The van der Waals surface area contributed by atoms with Crippen molar-refractivity contribution in [1.82, 2.24) is 0 Å². The SMILES string of the molecule is C=CC(=O)OCCCOc1ccc(C(=O)Oc2ccc3c(Cl)c(C4CCC(CCCCC(C)C)CC4)ccc3c2C=N)cc1. The van der Waals surface area contributed by atoms with Crippen molar-refractivity contribution in [3.63, 3.8) is 0 Å². The van der Waals surface area contributed by atoms with E-state index < -0.39 is 11.9 Å². The van der Waals surface area contributed by atoms with E-state index in [1.54, 1.807) is 30.3 Å². The van der Waals surface area contributed by atoms with Gasteiger partial charge in [0, 0.05) is 29.7 Å². The van der Waals surface area contributed by atoms with Crippen LogP contribution in [-0.4, -0.2) is 31.4 Å². The fourth-order valence-corrected chi connectivity index (χ4v) is 6.40. The van der Waals surface area contributed by atoms with E-state index >= 15 is 0 Å². The molecule has 0 radical (unpaired) electrons. The maximum Gasteiger partial charge on any atom is 0.343 e. The summed E-state index contributed by atoms with van der Waals surface area (Å²) in [6.07, 6.45) is 13.0. The summed E-state index contributed by atoms with van der Waals surface area (Å²) < 4.78 is 16.3. The Bertz CT molecular complexity index is 1440. The average molecular weight is 618 g/mol. The van der Waals surface area contributed by atoms with Crippen molar-refractivity contribution in [3.05, 3.63) is 82.9 Å². The van der Waals surface area contributed by atoms with E-state index in [1.807, 2.05) is 12.1 Å². The normalized spacial score (nSPS) is 16.5. The van der Waals surface area contributed by atoms with Gasteiger partial charge in [-0.05, 0) is 90.8 Å². The van der Waals surface area contributed by atoms with Crippen LogP contribution in [0.3, 0.4) is 0 Å². The molecule has 0 aliphatic heterocycles. The Morgan fingerprint density at radius 2 is 1.68 bits per heavy atom. The van der Waals surface area contributed by atoms with Crippen molar-refractivity contribution in [2.24, 2.45) is 11.8 Å². The summed E-state index contributed by atoms with van der Waals surface area (Å²) in [6, 6.07) is 14.4. The van der Waals surface area contributed by atoms with Crippen molar-refractivity contribution in [2.45, 2.75) is 77.6 Å². The number of halogens is 1. The van der Waals surface area contributed by atoms with Crippen LogP contribution in [0.4, 0.5) is 0 Å². The molecule has 0 atom stereocenters. The lowest BCUT2D eigenvalue weighted by atomic mass is 9.76. The van der Waals surface area contributed by atoms with Gasteiger partial charge in [0.15, 0.2) is 0 Å². The third kappa shape index (κ3) is 8.95. The molecule has 1 N–H and O–H groups in total. The number of carbonyl (C=O) groups is 2. The summed E-state index contributed by atoms with van der Waals surface area (Å²) in [5.74, 6) is 1.96. The molecule has 44 heavy (non-hydrogen) atoms. The van der Waals surface area contributed by atoms with Crippen LogP contribution in [0.1, 0.15) is 99.0 Å². The molecule has 1 saturated carbocycles. The molecule has 0 heterocycles. The van der Waals surface area contributed by atoms with Gasteiger partial charge in [-0.2, -0.15) is 0 Å². The van der Waals surface area contributed by atoms with Gasteiger partial charge in [0.05, 0.1) is 23.8 Å². The number of unbranched alkanes of at least 4 members (excludes halogenated alkanes) is 1. The lowest BCUT2D eigenvalue weighted by Crippen LogP contribution is -2.14.